The minimum atomic E-state index is -0.354. The minimum Gasteiger partial charge on any atom is -0.281 e. The molecule has 0 N–H and O–H groups in total. The van der Waals surface area contributed by atoms with Crippen LogP contribution in [-0.4, -0.2) is 10.5 Å². The van der Waals surface area contributed by atoms with Gasteiger partial charge in [0.2, 0.25) is 10.5 Å². The standard InChI is InChI=1S/C9H14Cl2O2/c1-6(2)7(5-9(11)13)3-4-8(10)12/h6-7H,3-5H2,1-2H3/t7-/m1/s1. The summed E-state index contributed by atoms with van der Waals surface area (Å²) >= 11 is 10.5. The van der Waals surface area contributed by atoms with Crippen molar-refractivity contribution < 1.29 is 9.59 Å². The number of carbonyl (C=O) groups excluding carboxylic acids is 2. The molecular weight excluding hydrogens is 211 g/mol. The van der Waals surface area contributed by atoms with Gasteiger partial charge in [0.15, 0.2) is 0 Å². The van der Waals surface area contributed by atoms with Gasteiger partial charge in [-0.25, -0.2) is 0 Å². The first-order valence-corrected chi connectivity index (χ1v) is 5.05. The normalized spacial score (nSPS) is 13.0. The summed E-state index contributed by atoms with van der Waals surface area (Å²) in [6.07, 6.45) is 1.27. The van der Waals surface area contributed by atoms with E-state index in [4.69, 9.17) is 23.2 Å². The molecule has 0 aromatic rings. The number of halogens is 2. The summed E-state index contributed by atoms with van der Waals surface area (Å²) in [6.45, 7) is 4.01. The maximum absolute atomic E-state index is 10.7. The van der Waals surface area contributed by atoms with Gasteiger partial charge in [-0.3, -0.25) is 9.59 Å². The number of hydrogen-bond donors (Lipinski definition) is 0. The molecule has 0 spiro atoms. The van der Waals surface area contributed by atoms with Crippen molar-refractivity contribution in [2.24, 2.45) is 11.8 Å². The largest absolute Gasteiger partial charge is 0.281 e. The van der Waals surface area contributed by atoms with Crippen molar-refractivity contribution in [3.8, 4) is 0 Å². The van der Waals surface area contributed by atoms with Crippen LogP contribution in [0.4, 0.5) is 0 Å². The van der Waals surface area contributed by atoms with Gasteiger partial charge in [0, 0.05) is 12.8 Å². The molecule has 0 heterocycles. The molecule has 0 fully saturated rings. The molecule has 76 valence electrons. The molecule has 0 bridgehead atoms. The Morgan fingerprint density at radius 2 is 1.69 bits per heavy atom. The van der Waals surface area contributed by atoms with E-state index in [-0.39, 0.29) is 16.4 Å². The summed E-state index contributed by atoms with van der Waals surface area (Å²) in [5.41, 5.74) is 0. The van der Waals surface area contributed by atoms with Crippen LogP contribution in [0.2, 0.25) is 0 Å². The number of hydrogen-bond acceptors (Lipinski definition) is 2. The van der Waals surface area contributed by atoms with Crippen LogP contribution in [0.25, 0.3) is 0 Å². The van der Waals surface area contributed by atoms with E-state index in [1.54, 1.807) is 0 Å². The third-order valence-electron chi connectivity index (χ3n) is 2.08. The van der Waals surface area contributed by atoms with Crippen molar-refractivity contribution in [1.82, 2.24) is 0 Å². The lowest BCUT2D eigenvalue weighted by molar-refractivity contribution is -0.114. The highest BCUT2D eigenvalue weighted by Gasteiger charge is 2.17. The highest BCUT2D eigenvalue weighted by Crippen LogP contribution is 2.22. The second-order valence-corrected chi connectivity index (χ2v) is 4.30. The van der Waals surface area contributed by atoms with Crippen molar-refractivity contribution in [2.45, 2.75) is 33.1 Å². The van der Waals surface area contributed by atoms with Gasteiger partial charge in [-0.05, 0) is 41.5 Å². The molecule has 0 saturated heterocycles. The van der Waals surface area contributed by atoms with E-state index in [0.717, 1.165) is 0 Å². The Labute approximate surface area is 88.6 Å². The molecular formula is C9H14Cl2O2. The van der Waals surface area contributed by atoms with E-state index in [1.807, 2.05) is 13.8 Å². The van der Waals surface area contributed by atoms with Crippen LogP contribution in [-0.2, 0) is 9.59 Å². The highest BCUT2D eigenvalue weighted by molar-refractivity contribution is 6.63. The summed E-state index contributed by atoms with van der Waals surface area (Å²) in [5.74, 6) is 0.506. The summed E-state index contributed by atoms with van der Waals surface area (Å²) < 4.78 is 0. The molecule has 2 nitrogen and oxygen atoms in total. The Bertz CT molecular complexity index is 190. The molecule has 0 unspecified atom stereocenters. The van der Waals surface area contributed by atoms with Gasteiger partial charge in [0.1, 0.15) is 0 Å². The zero-order valence-corrected chi connectivity index (χ0v) is 9.36. The fourth-order valence-corrected chi connectivity index (χ4v) is 1.48. The van der Waals surface area contributed by atoms with Crippen molar-refractivity contribution in [3.05, 3.63) is 0 Å². The maximum Gasteiger partial charge on any atom is 0.221 e. The first-order valence-electron chi connectivity index (χ1n) is 4.30. The minimum absolute atomic E-state index is 0.160. The smallest absolute Gasteiger partial charge is 0.221 e. The summed E-state index contributed by atoms with van der Waals surface area (Å²) in [5, 5.41) is -0.701. The Morgan fingerprint density at radius 1 is 1.15 bits per heavy atom. The fraction of sp³-hybridized carbons (Fsp3) is 0.778. The molecule has 0 aliphatic rings. The van der Waals surface area contributed by atoms with Crippen LogP contribution in [0.15, 0.2) is 0 Å². The summed E-state index contributed by atoms with van der Waals surface area (Å²) in [7, 11) is 0. The lowest BCUT2D eigenvalue weighted by Gasteiger charge is -2.17. The van der Waals surface area contributed by atoms with Crippen LogP contribution < -0.4 is 0 Å². The quantitative estimate of drug-likeness (QED) is 0.651. The van der Waals surface area contributed by atoms with Gasteiger partial charge in [-0.15, -0.1) is 0 Å². The van der Waals surface area contributed by atoms with Gasteiger partial charge in [-0.1, -0.05) is 13.8 Å². The molecule has 0 aromatic carbocycles. The molecule has 0 saturated carbocycles. The number of rotatable bonds is 6. The lowest BCUT2D eigenvalue weighted by atomic mass is 9.89. The molecule has 0 aromatic heterocycles. The monoisotopic (exact) mass is 224 g/mol. The molecule has 0 rings (SSSR count). The topological polar surface area (TPSA) is 34.1 Å². The van der Waals surface area contributed by atoms with E-state index < -0.39 is 0 Å². The Hall–Kier alpha value is -0.0800. The van der Waals surface area contributed by atoms with Crippen molar-refractivity contribution in [2.75, 3.05) is 0 Å². The Balaban J connectivity index is 3.95. The van der Waals surface area contributed by atoms with Crippen LogP contribution >= 0.6 is 23.2 Å². The lowest BCUT2D eigenvalue weighted by Crippen LogP contribution is -2.12. The summed E-state index contributed by atoms with van der Waals surface area (Å²) in [4.78, 5) is 21.2. The van der Waals surface area contributed by atoms with Gasteiger partial charge in [-0.2, -0.15) is 0 Å². The van der Waals surface area contributed by atoms with Crippen LogP contribution in [0.3, 0.4) is 0 Å². The Kier molecular flexibility index (Phi) is 6.35. The average Bonchev–Trinajstić information content (AvgIpc) is 1.96. The van der Waals surface area contributed by atoms with Crippen LogP contribution in [0, 0.1) is 11.8 Å². The molecule has 13 heavy (non-hydrogen) atoms. The van der Waals surface area contributed by atoms with Crippen molar-refractivity contribution in [1.29, 1.82) is 0 Å². The second-order valence-electron chi connectivity index (χ2n) is 3.46. The zero-order chi connectivity index (χ0) is 10.4. The summed E-state index contributed by atoms with van der Waals surface area (Å²) in [6, 6.07) is 0. The average molecular weight is 225 g/mol. The van der Waals surface area contributed by atoms with E-state index in [0.29, 0.717) is 25.2 Å². The molecule has 1 atom stereocenters. The number of carbonyl (C=O) groups is 2. The van der Waals surface area contributed by atoms with Gasteiger partial charge < -0.3 is 0 Å². The Morgan fingerprint density at radius 3 is 2.00 bits per heavy atom. The van der Waals surface area contributed by atoms with Gasteiger partial charge in [0.05, 0.1) is 0 Å². The predicted molar refractivity (Wildman–Crippen MR) is 53.9 cm³/mol. The van der Waals surface area contributed by atoms with E-state index in [9.17, 15) is 9.59 Å². The molecule has 0 aliphatic carbocycles. The zero-order valence-electron chi connectivity index (χ0n) is 7.85. The third-order valence-corrected chi connectivity index (χ3v) is 2.42. The fourth-order valence-electron chi connectivity index (χ4n) is 1.18. The van der Waals surface area contributed by atoms with Crippen LogP contribution in [0.1, 0.15) is 33.1 Å². The van der Waals surface area contributed by atoms with Gasteiger partial charge in [0.25, 0.3) is 0 Å². The predicted octanol–water partition coefficient (Wildman–Crippen LogP) is 2.96. The first kappa shape index (κ1) is 12.9. The SMILES string of the molecule is CC(C)[C@H](CCC(=O)Cl)CC(=O)Cl. The van der Waals surface area contributed by atoms with E-state index in [1.165, 1.54) is 0 Å². The van der Waals surface area contributed by atoms with Crippen molar-refractivity contribution in [3.63, 3.8) is 0 Å². The van der Waals surface area contributed by atoms with Gasteiger partial charge >= 0.3 is 0 Å². The third kappa shape index (κ3) is 7.03. The molecule has 0 aliphatic heterocycles. The maximum atomic E-state index is 10.7. The van der Waals surface area contributed by atoms with Crippen molar-refractivity contribution >= 4 is 33.7 Å². The van der Waals surface area contributed by atoms with E-state index in [2.05, 4.69) is 0 Å². The van der Waals surface area contributed by atoms with Crippen LogP contribution in [0.5, 0.6) is 0 Å². The second kappa shape index (κ2) is 6.39. The molecule has 4 heteroatoms. The molecule has 0 radical (unpaired) electrons. The molecule has 0 amide bonds. The van der Waals surface area contributed by atoms with E-state index >= 15 is 0 Å². The highest BCUT2D eigenvalue weighted by atomic mass is 35.5. The first-order chi connectivity index (χ1) is 5.93.